The van der Waals surface area contributed by atoms with Gasteiger partial charge in [0.25, 0.3) is 15.9 Å². The van der Waals surface area contributed by atoms with Gasteiger partial charge >= 0.3 is 0 Å². The van der Waals surface area contributed by atoms with Crippen LogP contribution in [0, 0.1) is 19.8 Å². The number of amides is 1. The molecule has 3 heterocycles. The van der Waals surface area contributed by atoms with Crippen molar-refractivity contribution in [3.63, 3.8) is 0 Å². The fourth-order valence-corrected chi connectivity index (χ4v) is 7.26. The van der Waals surface area contributed by atoms with E-state index >= 15 is 0 Å². The summed E-state index contributed by atoms with van der Waals surface area (Å²) in [6.45, 7) is 7.29. The average molecular weight is 562 g/mol. The van der Waals surface area contributed by atoms with Gasteiger partial charge in [0, 0.05) is 43.4 Å². The minimum Gasteiger partial charge on any atom is -0.475 e. The van der Waals surface area contributed by atoms with E-state index in [1.54, 1.807) is 18.2 Å². The molecule has 1 amide bonds. The number of carbonyl (C=O) groups is 1. The van der Waals surface area contributed by atoms with Gasteiger partial charge in [0.15, 0.2) is 0 Å². The Balaban J connectivity index is 1.40. The lowest BCUT2D eigenvalue weighted by Crippen LogP contribution is -2.57. The Morgan fingerprint density at radius 2 is 1.75 bits per heavy atom. The molecule has 40 heavy (non-hydrogen) atoms. The number of anilines is 1. The Morgan fingerprint density at radius 3 is 2.52 bits per heavy atom. The highest BCUT2D eigenvalue weighted by molar-refractivity contribution is 7.92. The van der Waals surface area contributed by atoms with Crippen molar-refractivity contribution in [2.45, 2.75) is 50.5 Å². The van der Waals surface area contributed by atoms with Crippen molar-refractivity contribution in [1.29, 1.82) is 0 Å². The number of nitrogens with zero attached hydrogens (tertiary/aromatic N) is 4. The van der Waals surface area contributed by atoms with E-state index in [2.05, 4.69) is 19.6 Å². The zero-order valence-electron chi connectivity index (χ0n) is 23.0. The number of nitrogens with one attached hydrogen (secondary N) is 1. The molecule has 4 bridgehead atoms. The van der Waals surface area contributed by atoms with Crippen LogP contribution in [0.25, 0.3) is 11.3 Å². The molecule has 1 saturated carbocycles. The zero-order valence-corrected chi connectivity index (χ0v) is 23.8. The summed E-state index contributed by atoms with van der Waals surface area (Å²) in [5.74, 6) is 0.695. The van der Waals surface area contributed by atoms with Crippen LogP contribution in [0.2, 0.25) is 0 Å². The van der Waals surface area contributed by atoms with Crippen LogP contribution in [0.5, 0.6) is 5.88 Å². The number of benzene rings is 2. The Kier molecular flexibility index (Phi) is 7.22. The monoisotopic (exact) mass is 561 g/mol. The lowest BCUT2D eigenvalue weighted by molar-refractivity contribution is 0.0294. The first kappa shape index (κ1) is 26.7. The highest BCUT2D eigenvalue weighted by atomic mass is 32.2. The maximum absolute atomic E-state index is 13.7. The molecule has 0 radical (unpaired) electrons. The normalized spacial score (nSPS) is 21.4. The third kappa shape index (κ3) is 5.42. The molecule has 1 aliphatic carbocycles. The maximum Gasteiger partial charge on any atom is 0.264 e. The second-order valence-electron chi connectivity index (χ2n) is 11.2. The number of sulfonamides is 1. The molecule has 1 saturated heterocycles. The Labute approximate surface area is 235 Å². The first-order valence-corrected chi connectivity index (χ1v) is 15.5. The molecule has 3 aromatic rings. The predicted molar refractivity (Wildman–Crippen MR) is 153 cm³/mol. The summed E-state index contributed by atoms with van der Waals surface area (Å²) >= 11 is 0. The minimum atomic E-state index is -4.06. The van der Waals surface area contributed by atoms with E-state index in [9.17, 15) is 13.2 Å². The second kappa shape index (κ2) is 10.8. The van der Waals surface area contributed by atoms with Gasteiger partial charge in [-0.05, 0) is 61.9 Å². The predicted octanol–water partition coefficient (Wildman–Crippen LogP) is 4.27. The van der Waals surface area contributed by atoms with Crippen LogP contribution in [0.15, 0.2) is 53.4 Å². The number of carbonyl (C=O) groups excluding carboxylic acids is 1. The first-order chi connectivity index (χ1) is 19.3. The van der Waals surface area contributed by atoms with Crippen LogP contribution in [0.4, 0.5) is 5.95 Å². The number of hydrogen-bond donors (Lipinski definition) is 1. The molecule has 2 fully saturated rings. The molecule has 2 aliphatic heterocycles. The molecule has 10 heteroatoms. The molecule has 2 aromatic carbocycles. The highest BCUT2D eigenvalue weighted by Crippen LogP contribution is 2.31. The van der Waals surface area contributed by atoms with Crippen LogP contribution >= 0.6 is 0 Å². The SMILES string of the molecule is Cc1cccc(C)c1-c1cc2nc(n1)NS(=O)(=O)c1cccc(c1)C(=O)N1CCN(CC3CCCC3)C[C@@H]1CO2. The summed E-state index contributed by atoms with van der Waals surface area (Å²) in [6.07, 6.45) is 5.11. The van der Waals surface area contributed by atoms with Crippen molar-refractivity contribution in [2.75, 3.05) is 37.5 Å². The van der Waals surface area contributed by atoms with Crippen LogP contribution in [-0.2, 0) is 10.0 Å². The zero-order chi connectivity index (χ0) is 27.9. The van der Waals surface area contributed by atoms with E-state index < -0.39 is 10.0 Å². The lowest BCUT2D eigenvalue weighted by atomic mass is 10.00. The molecule has 6 rings (SSSR count). The summed E-state index contributed by atoms with van der Waals surface area (Å²) in [5.41, 5.74) is 3.83. The summed E-state index contributed by atoms with van der Waals surface area (Å²) in [4.78, 5) is 27.0. The van der Waals surface area contributed by atoms with E-state index in [0.29, 0.717) is 30.3 Å². The van der Waals surface area contributed by atoms with Crippen LogP contribution < -0.4 is 9.46 Å². The van der Waals surface area contributed by atoms with E-state index in [4.69, 9.17) is 4.74 Å². The summed E-state index contributed by atoms with van der Waals surface area (Å²) in [5, 5.41) is 0. The number of fused-ring (bicyclic) bond motifs is 5. The van der Waals surface area contributed by atoms with Crippen molar-refractivity contribution in [3.8, 4) is 17.1 Å². The maximum atomic E-state index is 13.7. The number of aryl methyl sites for hydroxylation is 2. The fraction of sp³-hybridized carbons (Fsp3) is 0.433. The molecule has 0 unspecified atom stereocenters. The molecular weight excluding hydrogens is 526 g/mol. The molecule has 1 N–H and O–H groups in total. The molecule has 1 atom stereocenters. The molecule has 3 aliphatic rings. The minimum absolute atomic E-state index is 0.0161. The number of ether oxygens (including phenoxy) is 1. The van der Waals surface area contributed by atoms with Crippen molar-refractivity contribution < 1.29 is 17.9 Å². The smallest absolute Gasteiger partial charge is 0.264 e. The third-order valence-corrected chi connectivity index (χ3v) is 9.63. The number of rotatable bonds is 3. The summed E-state index contributed by atoms with van der Waals surface area (Å²) < 4.78 is 35.6. The summed E-state index contributed by atoms with van der Waals surface area (Å²) in [7, 11) is -4.06. The van der Waals surface area contributed by atoms with Crippen molar-refractivity contribution in [2.24, 2.45) is 5.92 Å². The molecule has 0 spiro atoms. The third-order valence-electron chi connectivity index (χ3n) is 8.30. The van der Waals surface area contributed by atoms with Crippen molar-refractivity contribution >= 4 is 21.9 Å². The number of aromatic nitrogens is 2. The molecule has 9 nitrogen and oxygen atoms in total. The fourth-order valence-electron chi connectivity index (χ4n) is 6.27. The Morgan fingerprint density at radius 1 is 1.00 bits per heavy atom. The Bertz CT molecular complexity index is 1520. The molecule has 1 aromatic heterocycles. The van der Waals surface area contributed by atoms with Gasteiger partial charge < -0.3 is 9.64 Å². The van der Waals surface area contributed by atoms with Crippen molar-refractivity contribution in [1.82, 2.24) is 19.8 Å². The standard InChI is InChI=1S/C30H35N5O4S/c1-20-7-5-8-21(2)28(20)26-16-27-32-30(31-26)33-40(37,38)25-12-6-11-23(15-25)29(36)35-14-13-34(18-24(35)19-39-27)17-22-9-3-4-10-22/h5-8,11-12,15-16,22,24H,3-4,9-10,13-14,17-19H2,1-2H3,(H,31,32,33)/t24-/m1/s1. The highest BCUT2D eigenvalue weighted by Gasteiger charge is 2.34. The van der Waals surface area contributed by atoms with E-state index in [1.165, 1.54) is 37.8 Å². The lowest BCUT2D eigenvalue weighted by Gasteiger charge is -2.42. The number of piperazine rings is 1. The van der Waals surface area contributed by atoms with E-state index in [1.807, 2.05) is 36.9 Å². The van der Waals surface area contributed by atoms with Gasteiger partial charge in [-0.25, -0.2) is 18.1 Å². The topological polar surface area (TPSA) is 105 Å². The van der Waals surface area contributed by atoms with Crippen molar-refractivity contribution in [3.05, 3.63) is 65.2 Å². The van der Waals surface area contributed by atoms with E-state index in [-0.39, 0.29) is 35.3 Å². The molecule has 210 valence electrons. The first-order valence-electron chi connectivity index (χ1n) is 14.0. The van der Waals surface area contributed by atoms with Gasteiger partial charge in [0.1, 0.15) is 6.61 Å². The quantitative estimate of drug-likeness (QED) is 0.509. The average Bonchev–Trinajstić information content (AvgIpc) is 3.44. The van der Waals surface area contributed by atoms with Gasteiger partial charge in [-0.3, -0.25) is 9.69 Å². The summed E-state index contributed by atoms with van der Waals surface area (Å²) in [6, 6.07) is 13.7. The van der Waals surface area contributed by atoms with Gasteiger partial charge in [-0.2, -0.15) is 4.98 Å². The van der Waals surface area contributed by atoms with Gasteiger partial charge in [0.05, 0.1) is 16.6 Å². The van der Waals surface area contributed by atoms with Gasteiger partial charge in [-0.1, -0.05) is 37.1 Å². The van der Waals surface area contributed by atoms with Crippen LogP contribution in [-0.4, -0.2) is 72.9 Å². The van der Waals surface area contributed by atoms with E-state index in [0.717, 1.165) is 29.8 Å². The number of hydrogen-bond acceptors (Lipinski definition) is 7. The van der Waals surface area contributed by atoms with Gasteiger partial charge in [0.2, 0.25) is 11.8 Å². The van der Waals surface area contributed by atoms with Gasteiger partial charge in [-0.15, -0.1) is 0 Å². The molecular formula is C30H35N5O4S. The van der Waals surface area contributed by atoms with Crippen LogP contribution in [0.1, 0.15) is 47.2 Å². The second-order valence-corrected chi connectivity index (χ2v) is 12.9. The Hall–Kier alpha value is -3.50. The van der Waals surface area contributed by atoms with Crippen LogP contribution in [0.3, 0.4) is 0 Å². The largest absolute Gasteiger partial charge is 0.475 e.